The second kappa shape index (κ2) is 5.78. The van der Waals surface area contributed by atoms with E-state index in [1.54, 1.807) is 27.4 Å². The molecule has 0 saturated heterocycles. The molecule has 4 nitrogen and oxygen atoms in total. The largest absolute Gasteiger partial charge is 0.500 e. The highest BCUT2D eigenvalue weighted by atomic mass is 16.5. The van der Waals surface area contributed by atoms with Crippen LogP contribution in [-0.4, -0.2) is 27.1 Å². The average molecular weight is 262 g/mol. The highest BCUT2D eigenvalue weighted by molar-refractivity contribution is 6.22. The molecule has 0 atom stereocenters. The molecule has 1 aromatic rings. The molecule has 102 valence electrons. The molecule has 0 amide bonds. The topological polar surface area (TPSA) is 44.8 Å². The van der Waals surface area contributed by atoms with Crippen LogP contribution in [0.25, 0.3) is 5.57 Å². The van der Waals surface area contributed by atoms with Crippen LogP contribution in [0.4, 0.5) is 0 Å². The number of rotatable bonds is 4. The Morgan fingerprint density at radius 1 is 0.895 bits per heavy atom. The van der Waals surface area contributed by atoms with Crippen molar-refractivity contribution in [2.45, 2.75) is 19.3 Å². The van der Waals surface area contributed by atoms with E-state index >= 15 is 0 Å². The van der Waals surface area contributed by atoms with Gasteiger partial charge in [-0.15, -0.1) is 0 Å². The number of Topliss-reactive ketones (excluding diaryl/α,β-unsaturated/α-hetero) is 1. The van der Waals surface area contributed by atoms with Crippen LogP contribution < -0.4 is 9.47 Å². The number of ether oxygens (including phenoxy) is 3. The van der Waals surface area contributed by atoms with E-state index in [-0.39, 0.29) is 5.78 Å². The minimum atomic E-state index is 0.110. The predicted octanol–water partition coefficient (Wildman–Crippen LogP) is 2.81. The van der Waals surface area contributed by atoms with E-state index in [9.17, 15) is 4.79 Å². The van der Waals surface area contributed by atoms with E-state index in [2.05, 4.69) is 0 Å². The molecule has 0 unspecified atom stereocenters. The first kappa shape index (κ1) is 13.5. The lowest BCUT2D eigenvalue weighted by molar-refractivity contribution is -0.114. The van der Waals surface area contributed by atoms with Crippen molar-refractivity contribution in [3.05, 3.63) is 29.5 Å². The fourth-order valence-corrected chi connectivity index (χ4v) is 2.29. The van der Waals surface area contributed by atoms with E-state index in [1.807, 2.05) is 12.1 Å². The van der Waals surface area contributed by atoms with Gasteiger partial charge in [0.1, 0.15) is 17.3 Å². The zero-order chi connectivity index (χ0) is 13.8. The van der Waals surface area contributed by atoms with E-state index in [0.717, 1.165) is 24.2 Å². The lowest BCUT2D eigenvalue weighted by Gasteiger charge is -2.19. The summed E-state index contributed by atoms with van der Waals surface area (Å²) in [6.07, 6.45) is 2.19. The molecule has 1 aliphatic rings. The third kappa shape index (κ3) is 2.72. The molecule has 19 heavy (non-hydrogen) atoms. The van der Waals surface area contributed by atoms with E-state index in [4.69, 9.17) is 14.2 Å². The number of benzene rings is 1. The molecule has 0 N–H and O–H groups in total. The molecule has 1 aliphatic carbocycles. The summed E-state index contributed by atoms with van der Waals surface area (Å²) >= 11 is 0. The number of ketones is 1. The van der Waals surface area contributed by atoms with Crippen molar-refractivity contribution in [1.29, 1.82) is 0 Å². The zero-order valence-electron chi connectivity index (χ0n) is 11.5. The fraction of sp³-hybridized carbons (Fsp3) is 0.400. The Morgan fingerprint density at radius 3 is 2.05 bits per heavy atom. The number of hydrogen-bond donors (Lipinski definition) is 0. The lowest BCUT2D eigenvalue weighted by Crippen LogP contribution is -2.12. The Kier molecular flexibility index (Phi) is 4.10. The summed E-state index contributed by atoms with van der Waals surface area (Å²) in [7, 11) is 4.78. The van der Waals surface area contributed by atoms with Gasteiger partial charge in [-0.25, -0.2) is 0 Å². The summed E-state index contributed by atoms with van der Waals surface area (Å²) in [6.45, 7) is 0. The Morgan fingerprint density at radius 2 is 1.53 bits per heavy atom. The first-order valence-corrected chi connectivity index (χ1v) is 6.23. The monoisotopic (exact) mass is 262 g/mol. The predicted molar refractivity (Wildman–Crippen MR) is 72.3 cm³/mol. The van der Waals surface area contributed by atoms with Crippen LogP contribution in [0, 0.1) is 0 Å². The quantitative estimate of drug-likeness (QED) is 0.837. The summed E-state index contributed by atoms with van der Waals surface area (Å²) in [5, 5.41) is 0. The zero-order valence-corrected chi connectivity index (χ0v) is 11.5. The van der Waals surface area contributed by atoms with Crippen molar-refractivity contribution in [1.82, 2.24) is 0 Å². The second-order valence-electron chi connectivity index (χ2n) is 4.38. The molecule has 0 radical (unpaired) electrons. The smallest absolute Gasteiger partial charge is 0.166 e. The Hall–Kier alpha value is -1.97. The molecule has 0 spiro atoms. The van der Waals surface area contributed by atoms with Gasteiger partial charge in [0.15, 0.2) is 5.78 Å². The summed E-state index contributed by atoms with van der Waals surface area (Å²) in [6, 6.07) is 5.45. The van der Waals surface area contributed by atoms with Crippen LogP contribution in [0.3, 0.4) is 0 Å². The van der Waals surface area contributed by atoms with Gasteiger partial charge in [0.25, 0.3) is 0 Å². The molecule has 0 bridgehead atoms. The van der Waals surface area contributed by atoms with Gasteiger partial charge < -0.3 is 14.2 Å². The van der Waals surface area contributed by atoms with Gasteiger partial charge in [0.05, 0.1) is 26.9 Å². The molecule has 0 fully saturated rings. The summed E-state index contributed by atoms with van der Waals surface area (Å²) in [5.41, 5.74) is 1.43. The van der Waals surface area contributed by atoms with Gasteiger partial charge in [-0.2, -0.15) is 0 Å². The molecular weight excluding hydrogens is 244 g/mol. The summed E-state index contributed by atoms with van der Waals surface area (Å²) in [5.74, 6) is 2.18. The van der Waals surface area contributed by atoms with Crippen LogP contribution in [0.1, 0.15) is 24.8 Å². The molecule has 0 heterocycles. The fourth-order valence-electron chi connectivity index (χ4n) is 2.29. The molecule has 0 aromatic heterocycles. The number of allylic oxidation sites excluding steroid dienone is 2. The van der Waals surface area contributed by atoms with E-state index < -0.39 is 0 Å². The third-order valence-electron chi connectivity index (χ3n) is 3.25. The van der Waals surface area contributed by atoms with Crippen LogP contribution in [0.2, 0.25) is 0 Å². The minimum Gasteiger partial charge on any atom is -0.500 e. The van der Waals surface area contributed by atoms with Crippen molar-refractivity contribution >= 4 is 11.4 Å². The van der Waals surface area contributed by atoms with E-state index in [0.29, 0.717) is 23.5 Å². The average Bonchev–Trinajstić information content (AvgIpc) is 2.46. The molecule has 1 aromatic carbocycles. The number of carbonyl (C=O) groups is 1. The van der Waals surface area contributed by atoms with Gasteiger partial charge in [-0.1, -0.05) is 0 Å². The Bertz CT molecular complexity index is 495. The minimum absolute atomic E-state index is 0.110. The van der Waals surface area contributed by atoms with Gasteiger partial charge >= 0.3 is 0 Å². The number of carbonyl (C=O) groups excluding carboxylic acids is 1. The van der Waals surface area contributed by atoms with Gasteiger partial charge in [0, 0.05) is 18.9 Å². The maximum atomic E-state index is 12.1. The van der Waals surface area contributed by atoms with Gasteiger partial charge in [-0.05, 0) is 24.1 Å². The highest BCUT2D eigenvalue weighted by Crippen LogP contribution is 2.34. The van der Waals surface area contributed by atoms with Crippen LogP contribution in [0.5, 0.6) is 11.5 Å². The normalized spacial score (nSPS) is 15.4. The van der Waals surface area contributed by atoms with Crippen molar-refractivity contribution in [2.24, 2.45) is 0 Å². The lowest BCUT2D eigenvalue weighted by atomic mass is 9.90. The first-order valence-electron chi connectivity index (χ1n) is 6.23. The van der Waals surface area contributed by atoms with Crippen molar-refractivity contribution in [3.63, 3.8) is 0 Å². The second-order valence-corrected chi connectivity index (χ2v) is 4.38. The highest BCUT2D eigenvalue weighted by Gasteiger charge is 2.23. The molecule has 0 saturated carbocycles. The Balaban J connectivity index is 2.55. The van der Waals surface area contributed by atoms with Crippen LogP contribution in [0.15, 0.2) is 24.0 Å². The van der Waals surface area contributed by atoms with Crippen molar-refractivity contribution in [3.8, 4) is 11.5 Å². The van der Waals surface area contributed by atoms with Crippen molar-refractivity contribution < 1.29 is 19.0 Å². The van der Waals surface area contributed by atoms with Gasteiger partial charge in [-0.3, -0.25) is 4.79 Å². The summed E-state index contributed by atoms with van der Waals surface area (Å²) in [4.78, 5) is 12.1. The number of methoxy groups -OCH3 is 3. The maximum absolute atomic E-state index is 12.1. The summed E-state index contributed by atoms with van der Waals surface area (Å²) < 4.78 is 15.8. The van der Waals surface area contributed by atoms with Crippen LogP contribution >= 0.6 is 0 Å². The number of hydrogen-bond acceptors (Lipinski definition) is 4. The van der Waals surface area contributed by atoms with Crippen LogP contribution in [-0.2, 0) is 9.53 Å². The SMILES string of the molecule is COC1=C(c2cc(OC)cc(OC)c2)C(=O)CCC1. The first-order chi connectivity index (χ1) is 9.19. The van der Waals surface area contributed by atoms with E-state index in [1.165, 1.54) is 0 Å². The molecule has 0 aliphatic heterocycles. The maximum Gasteiger partial charge on any atom is 0.166 e. The van der Waals surface area contributed by atoms with Gasteiger partial charge in [0.2, 0.25) is 0 Å². The molecular formula is C15H18O4. The molecule has 2 rings (SSSR count). The third-order valence-corrected chi connectivity index (χ3v) is 3.25. The molecule has 4 heteroatoms. The standard InChI is InChI=1S/C15H18O4/c1-17-11-7-10(8-12(9-11)18-2)15-13(16)5-4-6-14(15)19-3/h7-9H,4-6H2,1-3H3. The Labute approximate surface area is 113 Å². The van der Waals surface area contributed by atoms with Crippen molar-refractivity contribution in [2.75, 3.05) is 21.3 Å².